The molecule has 0 saturated heterocycles. The highest BCUT2D eigenvalue weighted by atomic mass is 16.5. The monoisotopic (exact) mass is 253 g/mol. The summed E-state index contributed by atoms with van der Waals surface area (Å²) in [4.78, 5) is 27.7. The first-order valence-corrected chi connectivity index (χ1v) is 6.00. The highest BCUT2D eigenvalue weighted by Gasteiger charge is 2.32. The fourth-order valence-corrected chi connectivity index (χ4v) is 2.17. The molecular formula is C15H11NO3. The number of ketones is 1. The van der Waals surface area contributed by atoms with Crippen LogP contribution >= 0.6 is 0 Å². The molecule has 1 aromatic heterocycles. The zero-order chi connectivity index (χ0) is 13.2. The molecule has 0 amide bonds. The number of nitrogens with zero attached hydrogens (tertiary/aromatic N) is 1. The Labute approximate surface area is 110 Å². The highest BCUT2D eigenvalue weighted by molar-refractivity contribution is 5.97. The summed E-state index contributed by atoms with van der Waals surface area (Å²) in [6.07, 6.45) is 1.19. The Hall–Kier alpha value is -2.49. The van der Waals surface area contributed by atoms with Crippen LogP contribution in [0.5, 0.6) is 0 Å². The third kappa shape index (κ3) is 2.12. The predicted octanol–water partition coefficient (Wildman–Crippen LogP) is 2.57. The number of hydrogen-bond donors (Lipinski definition) is 0. The van der Waals surface area contributed by atoms with Crippen LogP contribution in [0.1, 0.15) is 38.9 Å². The molecule has 2 aromatic rings. The van der Waals surface area contributed by atoms with Gasteiger partial charge in [-0.25, -0.2) is 4.79 Å². The molecule has 1 unspecified atom stereocenters. The molecule has 94 valence electrons. The van der Waals surface area contributed by atoms with Crippen molar-refractivity contribution in [3.63, 3.8) is 0 Å². The van der Waals surface area contributed by atoms with Gasteiger partial charge in [0.15, 0.2) is 5.78 Å². The summed E-state index contributed by atoms with van der Waals surface area (Å²) >= 11 is 0. The number of pyridine rings is 1. The minimum Gasteiger partial charge on any atom is -0.453 e. The molecule has 0 spiro atoms. The second kappa shape index (κ2) is 4.65. The molecule has 3 rings (SSSR count). The van der Waals surface area contributed by atoms with Gasteiger partial charge in [0, 0.05) is 11.8 Å². The fourth-order valence-electron chi connectivity index (χ4n) is 2.17. The van der Waals surface area contributed by atoms with Crippen molar-refractivity contribution < 1.29 is 14.3 Å². The molecule has 0 bridgehead atoms. The van der Waals surface area contributed by atoms with Crippen molar-refractivity contribution >= 4 is 11.8 Å². The first-order chi connectivity index (χ1) is 9.25. The topological polar surface area (TPSA) is 56.3 Å². The Kier molecular flexibility index (Phi) is 2.83. The van der Waals surface area contributed by atoms with Gasteiger partial charge in [-0.15, -0.1) is 0 Å². The lowest BCUT2D eigenvalue weighted by Crippen LogP contribution is -2.08. The first-order valence-electron chi connectivity index (χ1n) is 6.00. The summed E-state index contributed by atoms with van der Waals surface area (Å²) in [5.74, 6) is -0.496. The van der Waals surface area contributed by atoms with Crippen molar-refractivity contribution in [1.82, 2.24) is 4.98 Å². The summed E-state index contributed by atoms with van der Waals surface area (Å²) < 4.78 is 5.24. The number of carbonyl (C=O) groups excluding carboxylic acids is 2. The van der Waals surface area contributed by atoms with Crippen LogP contribution in [0.25, 0.3) is 0 Å². The van der Waals surface area contributed by atoms with Gasteiger partial charge in [0.1, 0.15) is 11.8 Å². The lowest BCUT2D eigenvalue weighted by molar-refractivity contribution is 0.0366. The number of hydrogen-bond acceptors (Lipinski definition) is 4. The maximum atomic E-state index is 12.1. The van der Waals surface area contributed by atoms with E-state index in [1.807, 2.05) is 12.1 Å². The van der Waals surface area contributed by atoms with Crippen molar-refractivity contribution in [2.24, 2.45) is 0 Å². The zero-order valence-corrected chi connectivity index (χ0v) is 10.1. The van der Waals surface area contributed by atoms with Crippen molar-refractivity contribution in [3.8, 4) is 0 Å². The molecule has 0 N–H and O–H groups in total. The molecule has 4 nitrogen and oxygen atoms in total. The van der Waals surface area contributed by atoms with Gasteiger partial charge >= 0.3 is 5.97 Å². The van der Waals surface area contributed by atoms with Crippen molar-refractivity contribution in [3.05, 3.63) is 65.5 Å². The lowest BCUT2D eigenvalue weighted by atomic mass is 10.0. The van der Waals surface area contributed by atoms with Crippen LogP contribution in [0.4, 0.5) is 0 Å². The van der Waals surface area contributed by atoms with Crippen LogP contribution in [-0.4, -0.2) is 16.7 Å². The summed E-state index contributed by atoms with van der Waals surface area (Å²) in [6.45, 7) is 0. The molecule has 1 atom stereocenters. The van der Waals surface area contributed by atoms with Crippen LogP contribution in [0, 0.1) is 0 Å². The second-order valence-electron chi connectivity index (χ2n) is 4.32. The van der Waals surface area contributed by atoms with Gasteiger partial charge in [0.25, 0.3) is 0 Å². The number of rotatable bonds is 3. The highest BCUT2D eigenvalue weighted by Crippen LogP contribution is 2.33. The Bertz CT molecular complexity index is 637. The number of esters is 1. The Morgan fingerprint density at radius 2 is 1.95 bits per heavy atom. The Morgan fingerprint density at radius 3 is 2.74 bits per heavy atom. The summed E-state index contributed by atoms with van der Waals surface area (Å²) in [6, 6.07) is 12.3. The number of benzene rings is 1. The number of ether oxygens (including phenoxy) is 1. The van der Waals surface area contributed by atoms with E-state index in [0.29, 0.717) is 11.3 Å². The van der Waals surface area contributed by atoms with Crippen LogP contribution in [0.15, 0.2) is 48.7 Å². The van der Waals surface area contributed by atoms with Crippen LogP contribution in [0.3, 0.4) is 0 Å². The van der Waals surface area contributed by atoms with Crippen molar-refractivity contribution in [1.29, 1.82) is 0 Å². The van der Waals surface area contributed by atoms with Crippen molar-refractivity contribution in [2.45, 2.75) is 12.5 Å². The molecule has 0 fully saturated rings. The van der Waals surface area contributed by atoms with Crippen LogP contribution < -0.4 is 0 Å². The summed E-state index contributed by atoms with van der Waals surface area (Å²) in [5, 5.41) is 0. The van der Waals surface area contributed by atoms with E-state index in [-0.39, 0.29) is 18.2 Å². The normalized spacial score (nSPS) is 16.8. The standard InChI is InChI=1S/C15H11NO3/c17-13(12-7-3-4-8-16-12)9-14-10-5-1-2-6-11(10)15(18)19-14/h1-8,14H,9H2. The zero-order valence-electron chi connectivity index (χ0n) is 10.1. The van der Waals surface area contributed by atoms with E-state index >= 15 is 0 Å². The van der Waals surface area contributed by atoms with E-state index in [0.717, 1.165) is 5.56 Å². The van der Waals surface area contributed by atoms with Crippen LogP contribution in [0.2, 0.25) is 0 Å². The molecule has 1 aromatic carbocycles. The lowest BCUT2D eigenvalue weighted by Gasteiger charge is -2.09. The number of fused-ring (bicyclic) bond motifs is 1. The Morgan fingerprint density at radius 1 is 1.16 bits per heavy atom. The average Bonchev–Trinajstić information content (AvgIpc) is 2.77. The van der Waals surface area contributed by atoms with Crippen LogP contribution in [-0.2, 0) is 4.74 Å². The molecule has 0 aliphatic carbocycles. The van der Waals surface area contributed by atoms with Gasteiger partial charge < -0.3 is 4.74 Å². The van der Waals surface area contributed by atoms with E-state index in [4.69, 9.17) is 4.74 Å². The third-order valence-corrected chi connectivity index (χ3v) is 3.10. The SMILES string of the molecule is O=C(CC1OC(=O)c2ccccc21)c1ccccn1. The first kappa shape index (κ1) is 11.6. The van der Waals surface area contributed by atoms with Gasteiger partial charge in [-0.05, 0) is 18.2 Å². The fraction of sp³-hybridized carbons (Fsp3) is 0.133. The number of cyclic esters (lactones) is 1. The third-order valence-electron chi connectivity index (χ3n) is 3.10. The van der Waals surface area contributed by atoms with Gasteiger partial charge in [-0.2, -0.15) is 0 Å². The molecule has 2 heterocycles. The summed E-state index contributed by atoms with van der Waals surface area (Å²) in [7, 11) is 0. The van der Waals surface area contributed by atoms with Gasteiger partial charge in [-0.1, -0.05) is 24.3 Å². The van der Waals surface area contributed by atoms with Crippen molar-refractivity contribution in [2.75, 3.05) is 0 Å². The van der Waals surface area contributed by atoms with E-state index < -0.39 is 6.10 Å². The number of Topliss-reactive ketones (excluding diaryl/α,β-unsaturated/α-hetero) is 1. The minimum atomic E-state index is -0.502. The van der Waals surface area contributed by atoms with E-state index in [9.17, 15) is 9.59 Å². The molecule has 0 saturated carbocycles. The van der Waals surface area contributed by atoms with Gasteiger partial charge in [0.2, 0.25) is 0 Å². The molecule has 1 aliphatic rings. The average molecular weight is 253 g/mol. The molecule has 1 aliphatic heterocycles. The maximum Gasteiger partial charge on any atom is 0.339 e. The predicted molar refractivity (Wildman–Crippen MR) is 67.8 cm³/mol. The smallest absolute Gasteiger partial charge is 0.339 e. The number of aromatic nitrogens is 1. The van der Waals surface area contributed by atoms with E-state index in [2.05, 4.69) is 4.98 Å². The van der Waals surface area contributed by atoms with E-state index in [1.54, 1.807) is 36.5 Å². The van der Waals surface area contributed by atoms with E-state index in [1.165, 1.54) is 0 Å². The maximum absolute atomic E-state index is 12.1. The molecular weight excluding hydrogens is 242 g/mol. The van der Waals surface area contributed by atoms with Gasteiger partial charge in [0.05, 0.1) is 12.0 Å². The second-order valence-corrected chi connectivity index (χ2v) is 4.32. The number of carbonyl (C=O) groups is 2. The molecule has 4 heteroatoms. The molecule has 0 radical (unpaired) electrons. The minimum absolute atomic E-state index is 0.125. The largest absolute Gasteiger partial charge is 0.453 e. The quantitative estimate of drug-likeness (QED) is 0.623. The van der Waals surface area contributed by atoms with Gasteiger partial charge in [-0.3, -0.25) is 9.78 Å². The Balaban J connectivity index is 1.83. The summed E-state index contributed by atoms with van der Waals surface area (Å²) in [5.41, 5.74) is 1.71. The molecule has 19 heavy (non-hydrogen) atoms.